The molecule has 0 rings (SSSR count). The van der Waals surface area contributed by atoms with Gasteiger partial charge in [0.15, 0.2) is 0 Å². The molecule has 0 amide bonds. The first-order valence-corrected chi connectivity index (χ1v) is 5.50. The number of hydrogen-bond acceptors (Lipinski definition) is 1. The highest BCUT2D eigenvalue weighted by atomic mass is 19.1. The Bertz CT molecular complexity index is 229. The molecule has 0 aromatic rings. The highest BCUT2D eigenvalue weighted by Crippen LogP contribution is 2.08. The molecule has 86 valence electrons. The number of rotatable bonds is 8. The zero-order valence-electron chi connectivity index (χ0n) is 9.76. The second kappa shape index (κ2) is 9.66. The Morgan fingerprint density at radius 3 is 2.67 bits per heavy atom. The van der Waals surface area contributed by atoms with Gasteiger partial charge in [-0.3, -0.25) is 0 Å². The second-order valence-electron chi connectivity index (χ2n) is 3.26. The number of ether oxygens (including phenoxy) is 1. The van der Waals surface area contributed by atoms with E-state index in [4.69, 9.17) is 4.74 Å². The van der Waals surface area contributed by atoms with Gasteiger partial charge in [0.2, 0.25) is 0 Å². The molecular weight excluding hydrogens is 191 g/mol. The van der Waals surface area contributed by atoms with Crippen LogP contribution >= 0.6 is 0 Å². The van der Waals surface area contributed by atoms with Crippen LogP contribution in [0.2, 0.25) is 0 Å². The molecule has 0 aromatic heterocycles. The van der Waals surface area contributed by atoms with Crippen molar-refractivity contribution in [3.63, 3.8) is 0 Å². The van der Waals surface area contributed by atoms with E-state index in [1.165, 1.54) is 6.08 Å². The molecule has 0 atom stereocenters. The van der Waals surface area contributed by atoms with Crippen LogP contribution in [0.4, 0.5) is 4.39 Å². The first-order chi connectivity index (χ1) is 7.20. The van der Waals surface area contributed by atoms with Crippen molar-refractivity contribution in [3.05, 3.63) is 36.2 Å². The van der Waals surface area contributed by atoms with Gasteiger partial charge in [-0.25, -0.2) is 4.39 Å². The van der Waals surface area contributed by atoms with Crippen molar-refractivity contribution in [2.45, 2.75) is 33.1 Å². The normalized spacial score (nSPS) is 12.3. The smallest absolute Gasteiger partial charge is 0.116 e. The summed E-state index contributed by atoms with van der Waals surface area (Å²) in [4.78, 5) is 0. The van der Waals surface area contributed by atoms with Crippen molar-refractivity contribution in [1.82, 2.24) is 0 Å². The molecule has 0 aliphatic heterocycles. The van der Waals surface area contributed by atoms with Crippen LogP contribution in [0.5, 0.6) is 0 Å². The minimum atomic E-state index is -0.384. The van der Waals surface area contributed by atoms with E-state index in [1.807, 2.05) is 19.9 Å². The Morgan fingerprint density at radius 1 is 1.40 bits per heavy atom. The fourth-order valence-electron chi connectivity index (χ4n) is 1.15. The van der Waals surface area contributed by atoms with Crippen molar-refractivity contribution in [3.8, 4) is 0 Å². The van der Waals surface area contributed by atoms with E-state index in [0.717, 1.165) is 38.0 Å². The Morgan fingerprint density at radius 2 is 2.13 bits per heavy atom. The minimum Gasteiger partial charge on any atom is -0.382 e. The van der Waals surface area contributed by atoms with Crippen LogP contribution in [0.15, 0.2) is 36.2 Å². The summed E-state index contributed by atoms with van der Waals surface area (Å²) in [7, 11) is 0. The van der Waals surface area contributed by atoms with Crippen LogP contribution in [0.1, 0.15) is 33.1 Å². The van der Waals surface area contributed by atoms with Gasteiger partial charge in [0.05, 0.1) is 0 Å². The van der Waals surface area contributed by atoms with Crippen LogP contribution in [0.25, 0.3) is 0 Å². The maximum Gasteiger partial charge on any atom is 0.116 e. The third-order valence-corrected chi connectivity index (χ3v) is 1.95. The van der Waals surface area contributed by atoms with Crippen LogP contribution in [-0.4, -0.2) is 13.2 Å². The molecule has 0 aliphatic rings. The lowest BCUT2D eigenvalue weighted by molar-refractivity contribution is 0.145. The molecule has 0 radical (unpaired) electrons. The molecule has 0 heterocycles. The predicted octanol–water partition coefficient (Wildman–Crippen LogP) is 4.18. The van der Waals surface area contributed by atoms with Crippen molar-refractivity contribution < 1.29 is 9.13 Å². The molecule has 0 spiro atoms. The number of unbranched alkanes of at least 4 members (excludes halogenated alkanes) is 1. The highest BCUT2D eigenvalue weighted by molar-refractivity contribution is 5.25. The summed E-state index contributed by atoms with van der Waals surface area (Å²) in [6.07, 6.45) is 8.28. The zero-order valence-corrected chi connectivity index (χ0v) is 9.76. The molecule has 1 nitrogen and oxygen atoms in total. The molecule has 0 aliphatic carbocycles. The Balaban J connectivity index is 3.77. The lowest BCUT2D eigenvalue weighted by Crippen LogP contribution is -1.91. The summed E-state index contributed by atoms with van der Waals surface area (Å²) in [6.45, 7) is 8.76. The van der Waals surface area contributed by atoms with E-state index in [2.05, 4.69) is 12.7 Å². The van der Waals surface area contributed by atoms with Crippen molar-refractivity contribution >= 4 is 0 Å². The van der Waals surface area contributed by atoms with Gasteiger partial charge in [-0.1, -0.05) is 25.7 Å². The number of allylic oxidation sites excluding steroid dienone is 5. The molecule has 15 heavy (non-hydrogen) atoms. The molecule has 0 unspecified atom stereocenters. The molecule has 0 fully saturated rings. The van der Waals surface area contributed by atoms with Crippen molar-refractivity contribution in [2.24, 2.45) is 0 Å². The Hall–Kier alpha value is -0.890. The molecule has 0 bridgehead atoms. The molecule has 0 aromatic carbocycles. The largest absolute Gasteiger partial charge is 0.382 e. The fraction of sp³-hybridized carbons (Fsp3) is 0.538. The summed E-state index contributed by atoms with van der Waals surface area (Å²) < 4.78 is 17.7. The van der Waals surface area contributed by atoms with Gasteiger partial charge >= 0.3 is 0 Å². The summed E-state index contributed by atoms with van der Waals surface area (Å²) in [5, 5.41) is 0. The van der Waals surface area contributed by atoms with E-state index >= 15 is 0 Å². The lowest BCUT2D eigenvalue weighted by atomic mass is 10.1. The van der Waals surface area contributed by atoms with Gasteiger partial charge in [0.1, 0.15) is 5.83 Å². The van der Waals surface area contributed by atoms with E-state index in [9.17, 15) is 4.39 Å². The van der Waals surface area contributed by atoms with E-state index in [0.29, 0.717) is 0 Å². The maximum absolute atomic E-state index is 12.5. The van der Waals surface area contributed by atoms with Crippen molar-refractivity contribution in [1.29, 1.82) is 0 Å². The topological polar surface area (TPSA) is 9.23 Å². The minimum absolute atomic E-state index is 0.384. The first kappa shape index (κ1) is 14.1. The summed E-state index contributed by atoms with van der Waals surface area (Å²) in [5.41, 5.74) is 0.971. The highest BCUT2D eigenvalue weighted by Gasteiger charge is 1.90. The standard InChI is InChI=1S/C13H21FO/c1-4-13(11-12(3)14)9-7-6-8-10-15-5-2/h7,9,11H,3-6,8,10H2,1-2H3/b9-7-,13-11+. The Kier molecular flexibility index (Phi) is 9.08. The van der Waals surface area contributed by atoms with Gasteiger partial charge < -0.3 is 4.74 Å². The van der Waals surface area contributed by atoms with E-state index in [-0.39, 0.29) is 5.83 Å². The van der Waals surface area contributed by atoms with Crippen LogP contribution in [0.3, 0.4) is 0 Å². The molecule has 0 saturated heterocycles. The Labute approximate surface area is 92.3 Å². The summed E-state index contributed by atoms with van der Waals surface area (Å²) >= 11 is 0. The fourth-order valence-corrected chi connectivity index (χ4v) is 1.15. The summed E-state index contributed by atoms with van der Waals surface area (Å²) in [5.74, 6) is -0.384. The SMILES string of the molecule is C=C(F)/C=C(/C=C\CCCOCC)CC. The average Bonchev–Trinajstić information content (AvgIpc) is 2.20. The maximum atomic E-state index is 12.5. The van der Waals surface area contributed by atoms with Crippen LogP contribution in [-0.2, 0) is 4.74 Å². The molecular formula is C13H21FO. The monoisotopic (exact) mass is 212 g/mol. The van der Waals surface area contributed by atoms with Crippen molar-refractivity contribution in [2.75, 3.05) is 13.2 Å². The third-order valence-electron chi connectivity index (χ3n) is 1.95. The quantitative estimate of drug-likeness (QED) is 0.433. The predicted molar refractivity (Wildman–Crippen MR) is 63.5 cm³/mol. The second-order valence-corrected chi connectivity index (χ2v) is 3.26. The lowest BCUT2D eigenvalue weighted by Gasteiger charge is -1.98. The molecule has 0 N–H and O–H groups in total. The van der Waals surface area contributed by atoms with Gasteiger partial charge in [-0.2, -0.15) is 0 Å². The van der Waals surface area contributed by atoms with Gasteiger partial charge in [-0.05, 0) is 37.8 Å². The van der Waals surface area contributed by atoms with Crippen LogP contribution < -0.4 is 0 Å². The molecule has 0 saturated carbocycles. The van der Waals surface area contributed by atoms with E-state index < -0.39 is 0 Å². The van der Waals surface area contributed by atoms with E-state index in [1.54, 1.807) is 0 Å². The molecule has 2 heteroatoms. The van der Waals surface area contributed by atoms with Gasteiger partial charge in [0, 0.05) is 13.2 Å². The van der Waals surface area contributed by atoms with Gasteiger partial charge in [0.25, 0.3) is 0 Å². The third kappa shape index (κ3) is 9.42. The van der Waals surface area contributed by atoms with Gasteiger partial charge in [-0.15, -0.1) is 0 Å². The van der Waals surface area contributed by atoms with Crippen LogP contribution in [0, 0.1) is 0 Å². The first-order valence-electron chi connectivity index (χ1n) is 5.50. The zero-order chi connectivity index (χ0) is 11.5. The number of halogens is 1. The average molecular weight is 212 g/mol. The number of hydrogen-bond donors (Lipinski definition) is 0. The summed E-state index contributed by atoms with van der Waals surface area (Å²) in [6, 6.07) is 0.